The molecule has 0 aliphatic carbocycles. The van der Waals surface area contributed by atoms with Crippen LogP contribution in [0.5, 0.6) is 0 Å². The molecule has 0 amide bonds. The molecule has 1 rings (SSSR count). The maximum Gasteiger partial charge on any atom is 0.321 e. The molecule has 0 heterocycles. The van der Waals surface area contributed by atoms with Gasteiger partial charge in [0.25, 0.3) is 0 Å². The van der Waals surface area contributed by atoms with E-state index in [0.29, 0.717) is 4.47 Å². The van der Waals surface area contributed by atoms with Crippen LogP contribution in [0.3, 0.4) is 0 Å². The zero-order valence-electron chi connectivity index (χ0n) is 9.05. The standard InChI is InChI=1S/C10H12BrNO4S/c1-2-8(10(13)14)12-17(15,16)9-6-4-3-5-7(9)11/h3-6,8,12H,2H2,1H3,(H,13,14)/t8-/m0/s1. The Hall–Kier alpha value is -0.920. The average molecular weight is 322 g/mol. The molecule has 1 atom stereocenters. The van der Waals surface area contributed by atoms with Gasteiger partial charge >= 0.3 is 5.97 Å². The highest BCUT2D eigenvalue weighted by Crippen LogP contribution is 2.21. The minimum Gasteiger partial charge on any atom is -0.480 e. The van der Waals surface area contributed by atoms with E-state index in [4.69, 9.17) is 5.11 Å². The lowest BCUT2D eigenvalue weighted by Crippen LogP contribution is -2.40. The SMILES string of the molecule is CC[C@H](NS(=O)(=O)c1ccccc1Br)C(=O)O. The summed E-state index contributed by atoms with van der Waals surface area (Å²) in [5, 5.41) is 8.81. The fraction of sp³-hybridized carbons (Fsp3) is 0.300. The number of aliphatic carboxylic acids is 1. The Morgan fingerprint density at radius 1 is 1.47 bits per heavy atom. The van der Waals surface area contributed by atoms with E-state index in [1.165, 1.54) is 6.07 Å². The molecular formula is C10H12BrNO4S. The zero-order valence-corrected chi connectivity index (χ0v) is 11.5. The van der Waals surface area contributed by atoms with Crippen molar-refractivity contribution in [2.75, 3.05) is 0 Å². The van der Waals surface area contributed by atoms with Gasteiger partial charge in [-0.05, 0) is 34.5 Å². The van der Waals surface area contributed by atoms with Crippen LogP contribution in [0.15, 0.2) is 33.6 Å². The first-order chi connectivity index (χ1) is 7.88. The lowest BCUT2D eigenvalue weighted by molar-refractivity contribution is -0.139. The Labute approximate surface area is 108 Å². The highest BCUT2D eigenvalue weighted by molar-refractivity contribution is 9.10. The fourth-order valence-corrected chi connectivity index (χ4v) is 3.50. The van der Waals surface area contributed by atoms with E-state index in [-0.39, 0.29) is 11.3 Å². The maximum atomic E-state index is 11.9. The van der Waals surface area contributed by atoms with Crippen LogP contribution >= 0.6 is 15.9 Å². The van der Waals surface area contributed by atoms with Crippen molar-refractivity contribution in [3.8, 4) is 0 Å². The topological polar surface area (TPSA) is 83.5 Å². The second-order valence-corrected chi connectivity index (χ2v) is 5.89. The predicted molar refractivity (Wildman–Crippen MR) is 66.2 cm³/mol. The summed E-state index contributed by atoms with van der Waals surface area (Å²) < 4.78 is 26.4. The molecule has 0 bridgehead atoms. The normalized spacial score (nSPS) is 13.3. The number of hydrogen-bond acceptors (Lipinski definition) is 3. The molecular weight excluding hydrogens is 310 g/mol. The number of benzene rings is 1. The number of halogens is 1. The van der Waals surface area contributed by atoms with Crippen LogP contribution in [-0.2, 0) is 14.8 Å². The van der Waals surface area contributed by atoms with Crippen molar-refractivity contribution >= 4 is 31.9 Å². The number of carbonyl (C=O) groups is 1. The maximum absolute atomic E-state index is 11.9. The van der Waals surface area contributed by atoms with Gasteiger partial charge in [-0.15, -0.1) is 0 Å². The molecule has 2 N–H and O–H groups in total. The third kappa shape index (κ3) is 3.52. The van der Waals surface area contributed by atoms with E-state index >= 15 is 0 Å². The van der Waals surface area contributed by atoms with Crippen LogP contribution in [0.4, 0.5) is 0 Å². The number of sulfonamides is 1. The van der Waals surface area contributed by atoms with Gasteiger partial charge in [0, 0.05) is 4.47 Å². The van der Waals surface area contributed by atoms with Crippen molar-refractivity contribution in [1.82, 2.24) is 4.72 Å². The van der Waals surface area contributed by atoms with Gasteiger partial charge in [0.05, 0.1) is 4.90 Å². The largest absolute Gasteiger partial charge is 0.480 e. The van der Waals surface area contributed by atoms with Gasteiger partial charge in [-0.25, -0.2) is 8.42 Å². The van der Waals surface area contributed by atoms with Crippen LogP contribution in [0.2, 0.25) is 0 Å². The molecule has 0 aromatic heterocycles. The lowest BCUT2D eigenvalue weighted by Gasteiger charge is -2.13. The van der Waals surface area contributed by atoms with E-state index in [1.807, 2.05) is 0 Å². The third-order valence-corrected chi connectivity index (χ3v) is 4.61. The van der Waals surface area contributed by atoms with Crippen molar-refractivity contribution in [2.24, 2.45) is 0 Å². The summed E-state index contributed by atoms with van der Waals surface area (Å²) in [5.74, 6) is -1.19. The molecule has 0 fully saturated rings. The molecule has 5 nitrogen and oxygen atoms in total. The minimum absolute atomic E-state index is 0.0275. The molecule has 0 saturated carbocycles. The first-order valence-electron chi connectivity index (χ1n) is 4.88. The van der Waals surface area contributed by atoms with Crippen molar-refractivity contribution in [1.29, 1.82) is 0 Å². The van der Waals surface area contributed by atoms with Gasteiger partial charge in [-0.3, -0.25) is 4.79 Å². The van der Waals surface area contributed by atoms with Gasteiger partial charge in [-0.2, -0.15) is 4.72 Å². The highest BCUT2D eigenvalue weighted by Gasteiger charge is 2.24. The molecule has 1 aromatic rings. The molecule has 0 aliphatic heterocycles. The van der Waals surface area contributed by atoms with Crippen LogP contribution < -0.4 is 4.72 Å². The van der Waals surface area contributed by atoms with Crippen LogP contribution in [0, 0.1) is 0 Å². The molecule has 1 aromatic carbocycles. The van der Waals surface area contributed by atoms with Crippen LogP contribution in [-0.4, -0.2) is 25.5 Å². The summed E-state index contributed by atoms with van der Waals surface area (Å²) in [7, 11) is -3.82. The molecule has 0 spiro atoms. The van der Waals surface area contributed by atoms with Gasteiger partial charge < -0.3 is 5.11 Å². The third-order valence-electron chi connectivity index (χ3n) is 2.13. The van der Waals surface area contributed by atoms with Crippen LogP contribution in [0.25, 0.3) is 0 Å². The Bertz CT molecular complexity index is 515. The van der Waals surface area contributed by atoms with E-state index in [0.717, 1.165) is 0 Å². The number of carboxylic acid groups (broad SMARTS) is 1. The number of hydrogen-bond donors (Lipinski definition) is 2. The summed E-state index contributed by atoms with van der Waals surface area (Å²) >= 11 is 3.11. The molecule has 0 aliphatic rings. The van der Waals surface area contributed by atoms with Crippen molar-refractivity contribution in [3.63, 3.8) is 0 Å². The van der Waals surface area contributed by atoms with Crippen LogP contribution in [0.1, 0.15) is 13.3 Å². The second-order valence-electron chi connectivity index (χ2n) is 3.35. The summed E-state index contributed by atoms with van der Waals surface area (Å²) in [6, 6.07) is 5.11. The zero-order chi connectivity index (χ0) is 13.1. The Balaban J connectivity index is 3.05. The quantitative estimate of drug-likeness (QED) is 0.862. The summed E-state index contributed by atoms with van der Waals surface area (Å²) in [5.41, 5.74) is 0. The van der Waals surface area contributed by atoms with Crippen molar-refractivity contribution < 1.29 is 18.3 Å². The minimum atomic E-state index is -3.82. The average Bonchev–Trinajstić information content (AvgIpc) is 2.26. The number of nitrogens with one attached hydrogen (secondary N) is 1. The predicted octanol–water partition coefficient (Wildman–Crippen LogP) is 1.59. The van der Waals surface area contributed by atoms with E-state index in [9.17, 15) is 13.2 Å². The Morgan fingerprint density at radius 3 is 2.53 bits per heavy atom. The van der Waals surface area contributed by atoms with E-state index in [2.05, 4.69) is 20.7 Å². The second kappa shape index (κ2) is 5.61. The molecule has 94 valence electrons. The summed E-state index contributed by atoms with van der Waals surface area (Å²) in [6.07, 6.45) is 0.180. The van der Waals surface area contributed by atoms with Gasteiger partial charge in [0.15, 0.2) is 0 Å². The summed E-state index contributed by atoms with van der Waals surface area (Å²) in [6.45, 7) is 1.60. The van der Waals surface area contributed by atoms with E-state index in [1.54, 1.807) is 25.1 Å². The molecule has 7 heteroatoms. The van der Waals surface area contributed by atoms with Gasteiger partial charge in [-0.1, -0.05) is 19.1 Å². The first kappa shape index (κ1) is 14.1. The monoisotopic (exact) mass is 321 g/mol. The molecule has 0 saturated heterocycles. The molecule has 0 radical (unpaired) electrons. The lowest BCUT2D eigenvalue weighted by atomic mass is 10.2. The molecule has 0 unspecified atom stereocenters. The summed E-state index contributed by atoms with van der Waals surface area (Å²) in [4.78, 5) is 10.8. The van der Waals surface area contributed by atoms with E-state index < -0.39 is 22.0 Å². The number of carboxylic acids is 1. The van der Waals surface area contributed by atoms with Gasteiger partial charge in [0.1, 0.15) is 6.04 Å². The Morgan fingerprint density at radius 2 is 2.06 bits per heavy atom. The first-order valence-corrected chi connectivity index (χ1v) is 7.15. The number of rotatable bonds is 5. The smallest absolute Gasteiger partial charge is 0.321 e. The van der Waals surface area contributed by atoms with Gasteiger partial charge in [0.2, 0.25) is 10.0 Å². The van der Waals surface area contributed by atoms with Crippen molar-refractivity contribution in [2.45, 2.75) is 24.3 Å². The Kier molecular flexibility index (Phi) is 4.67. The molecule has 17 heavy (non-hydrogen) atoms. The highest BCUT2D eigenvalue weighted by atomic mass is 79.9. The van der Waals surface area contributed by atoms with Crippen molar-refractivity contribution in [3.05, 3.63) is 28.7 Å². The fourth-order valence-electron chi connectivity index (χ4n) is 1.22.